The van der Waals surface area contributed by atoms with Gasteiger partial charge in [-0.3, -0.25) is 4.98 Å². The molecule has 130 valence electrons. The van der Waals surface area contributed by atoms with Gasteiger partial charge in [-0.25, -0.2) is 4.98 Å². The third-order valence-electron chi connectivity index (χ3n) is 5.34. The van der Waals surface area contributed by atoms with E-state index in [1.165, 1.54) is 12.8 Å². The molecule has 0 saturated heterocycles. The minimum absolute atomic E-state index is 0.420. The van der Waals surface area contributed by atoms with Crippen LogP contribution in [0.3, 0.4) is 0 Å². The molecule has 2 heterocycles. The van der Waals surface area contributed by atoms with Crippen LogP contribution in [-0.2, 0) is 6.42 Å². The molecule has 1 aliphatic rings. The number of aromatic nitrogens is 3. The van der Waals surface area contributed by atoms with Gasteiger partial charge >= 0.3 is 0 Å². The Kier molecular flexibility index (Phi) is 4.70. The maximum atomic E-state index is 6.44. The van der Waals surface area contributed by atoms with Crippen LogP contribution in [0.4, 0.5) is 0 Å². The van der Waals surface area contributed by atoms with Crippen LogP contribution >= 0.6 is 23.2 Å². The normalized spacial score (nSPS) is 16.9. The highest BCUT2D eigenvalue weighted by Crippen LogP contribution is 2.49. The molecule has 5 heteroatoms. The number of pyridine rings is 1. The first-order valence-electron chi connectivity index (χ1n) is 8.89. The summed E-state index contributed by atoms with van der Waals surface area (Å²) in [6.45, 7) is 2.26. The monoisotopic (exact) mass is 373 g/mol. The van der Waals surface area contributed by atoms with E-state index in [1.54, 1.807) is 6.33 Å². The average Bonchev–Trinajstić information content (AvgIpc) is 3.31. The molecular formula is C20H21Cl2N3. The van der Waals surface area contributed by atoms with Crippen LogP contribution in [-0.4, -0.2) is 15.0 Å². The summed E-state index contributed by atoms with van der Waals surface area (Å²) in [6.07, 6.45) is 8.23. The third kappa shape index (κ3) is 3.40. The van der Waals surface area contributed by atoms with Gasteiger partial charge in [0.2, 0.25) is 0 Å². The fraction of sp³-hybridized carbons (Fsp3) is 0.400. The summed E-state index contributed by atoms with van der Waals surface area (Å²) >= 11 is 12.5. The number of benzene rings is 1. The highest BCUT2D eigenvalue weighted by atomic mass is 35.5. The number of fused-ring (bicyclic) bond motifs is 1. The molecule has 25 heavy (non-hydrogen) atoms. The summed E-state index contributed by atoms with van der Waals surface area (Å²) in [7, 11) is 0. The molecule has 3 aromatic rings. The van der Waals surface area contributed by atoms with Crippen molar-refractivity contribution in [3.8, 4) is 0 Å². The minimum atomic E-state index is 0.420. The standard InChI is InChI=1S/C20H21Cl2N3/c1-2-12(9-14-5-6-15(21)10-16(14)22)18(13-3-4-13)20-19-17(7-8-23-20)24-11-25-19/h5-8,10-13,18H,2-4,9H2,1H3,(H,24,25). The lowest BCUT2D eigenvalue weighted by Crippen LogP contribution is -2.19. The molecule has 2 unspecified atom stereocenters. The van der Waals surface area contributed by atoms with Gasteiger partial charge in [0, 0.05) is 22.2 Å². The van der Waals surface area contributed by atoms with Gasteiger partial charge < -0.3 is 4.98 Å². The topological polar surface area (TPSA) is 41.6 Å². The number of nitrogens with one attached hydrogen (secondary N) is 1. The zero-order valence-corrected chi connectivity index (χ0v) is 15.7. The molecule has 1 N–H and O–H groups in total. The number of hydrogen-bond donors (Lipinski definition) is 1. The van der Waals surface area contributed by atoms with E-state index in [9.17, 15) is 0 Å². The van der Waals surface area contributed by atoms with Crippen molar-refractivity contribution >= 4 is 34.2 Å². The summed E-state index contributed by atoms with van der Waals surface area (Å²) in [6, 6.07) is 7.81. The number of aromatic amines is 1. The van der Waals surface area contributed by atoms with Gasteiger partial charge in [-0.05, 0) is 54.9 Å². The second-order valence-corrected chi connectivity index (χ2v) is 7.81. The predicted octanol–water partition coefficient (Wildman–Crippen LogP) is 6.03. The van der Waals surface area contributed by atoms with Crippen molar-refractivity contribution in [1.82, 2.24) is 15.0 Å². The first-order chi connectivity index (χ1) is 12.2. The van der Waals surface area contributed by atoms with Gasteiger partial charge in [0.05, 0.1) is 17.5 Å². The minimum Gasteiger partial charge on any atom is -0.344 e. The SMILES string of the molecule is CCC(Cc1ccc(Cl)cc1Cl)C(c1nccc2[nH]cnc12)C1CC1. The molecule has 2 aromatic heterocycles. The predicted molar refractivity (Wildman–Crippen MR) is 103 cm³/mol. The fourth-order valence-electron chi connectivity index (χ4n) is 3.91. The summed E-state index contributed by atoms with van der Waals surface area (Å²) in [5, 5.41) is 1.44. The number of nitrogens with zero attached hydrogens (tertiary/aromatic N) is 2. The molecule has 0 spiro atoms. The second-order valence-electron chi connectivity index (χ2n) is 6.97. The van der Waals surface area contributed by atoms with Crippen LogP contribution in [0.25, 0.3) is 11.0 Å². The van der Waals surface area contributed by atoms with Crippen molar-refractivity contribution in [2.75, 3.05) is 0 Å². The maximum Gasteiger partial charge on any atom is 0.110 e. The van der Waals surface area contributed by atoms with Crippen molar-refractivity contribution in [2.45, 2.75) is 38.5 Å². The number of hydrogen-bond acceptors (Lipinski definition) is 2. The van der Waals surface area contributed by atoms with Crippen molar-refractivity contribution < 1.29 is 0 Å². The molecule has 0 bridgehead atoms. The Morgan fingerprint density at radius 1 is 1.20 bits per heavy atom. The lowest BCUT2D eigenvalue weighted by Gasteiger charge is -2.26. The molecule has 1 aromatic carbocycles. The van der Waals surface area contributed by atoms with Crippen LogP contribution in [0.15, 0.2) is 36.8 Å². The van der Waals surface area contributed by atoms with Gasteiger partial charge in [-0.15, -0.1) is 0 Å². The second kappa shape index (κ2) is 6.97. The molecule has 1 fully saturated rings. The summed E-state index contributed by atoms with van der Waals surface area (Å²) in [5.74, 6) is 1.61. The molecule has 0 aliphatic heterocycles. The molecule has 1 aliphatic carbocycles. The zero-order chi connectivity index (χ0) is 17.4. The molecule has 4 rings (SSSR count). The first-order valence-corrected chi connectivity index (χ1v) is 9.65. The van der Waals surface area contributed by atoms with Gasteiger partial charge in [0.15, 0.2) is 0 Å². The highest BCUT2D eigenvalue weighted by Gasteiger charge is 2.39. The average molecular weight is 374 g/mol. The fourth-order valence-corrected chi connectivity index (χ4v) is 4.40. The molecule has 2 atom stereocenters. The Bertz CT molecular complexity index is 886. The third-order valence-corrected chi connectivity index (χ3v) is 5.93. The van der Waals surface area contributed by atoms with Crippen LogP contribution in [0.5, 0.6) is 0 Å². The van der Waals surface area contributed by atoms with Crippen molar-refractivity contribution in [3.05, 3.63) is 58.1 Å². The van der Waals surface area contributed by atoms with Crippen LogP contribution < -0.4 is 0 Å². The van der Waals surface area contributed by atoms with E-state index in [4.69, 9.17) is 28.2 Å². The van der Waals surface area contributed by atoms with E-state index in [0.717, 1.165) is 40.2 Å². The van der Waals surface area contributed by atoms with E-state index in [2.05, 4.69) is 23.0 Å². The summed E-state index contributed by atoms with van der Waals surface area (Å²) in [5.41, 5.74) is 4.38. The first kappa shape index (κ1) is 16.9. The van der Waals surface area contributed by atoms with Gasteiger partial charge in [0.1, 0.15) is 5.52 Å². The summed E-state index contributed by atoms with van der Waals surface area (Å²) in [4.78, 5) is 12.5. The number of H-pyrrole nitrogens is 1. The molecular weight excluding hydrogens is 353 g/mol. The van der Waals surface area contributed by atoms with Gasteiger partial charge in [0.25, 0.3) is 0 Å². The quantitative estimate of drug-likeness (QED) is 0.573. The largest absolute Gasteiger partial charge is 0.344 e. The van der Waals surface area contributed by atoms with Crippen LogP contribution in [0.2, 0.25) is 10.0 Å². The van der Waals surface area contributed by atoms with Crippen LogP contribution in [0, 0.1) is 11.8 Å². The Morgan fingerprint density at radius 2 is 2.04 bits per heavy atom. The highest BCUT2D eigenvalue weighted by molar-refractivity contribution is 6.35. The smallest absolute Gasteiger partial charge is 0.110 e. The van der Waals surface area contributed by atoms with E-state index >= 15 is 0 Å². The van der Waals surface area contributed by atoms with E-state index < -0.39 is 0 Å². The van der Waals surface area contributed by atoms with Gasteiger partial charge in [-0.2, -0.15) is 0 Å². The number of rotatable bonds is 6. The molecule has 0 radical (unpaired) electrons. The molecule has 0 amide bonds. The van der Waals surface area contributed by atoms with Crippen molar-refractivity contribution in [2.24, 2.45) is 11.8 Å². The van der Waals surface area contributed by atoms with Crippen LogP contribution in [0.1, 0.15) is 43.4 Å². The molecule has 3 nitrogen and oxygen atoms in total. The van der Waals surface area contributed by atoms with E-state index in [-0.39, 0.29) is 0 Å². The van der Waals surface area contributed by atoms with E-state index in [1.807, 2.05) is 24.4 Å². The van der Waals surface area contributed by atoms with E-state index in [0.29, 0.717) is 22.8 Å². The van der Waals surface area contributed by atoms with Gasteiger partial charge in [-0.1, -0.05) is 42.6 Å². The van der Waals surface area contributed by atoms with Crippen molar-refractivity contribution in [1.29, 1.82) is 0 Å². The Balaban J connectivity index is 1.70. The Labute approximate surface area is 157 Å². The number of halogens is 2. The Hall–Kier alpha value is -1.58. The lowest BCUT2D eigenvalue weighted by atomic mass is 9.79. The lowest BCUT2D eigenvalue weighted by molar-refractivity contribution is 0.368. The summed E-state index contributed by atoms with van der Waals surface area (Å²) < 4.78 is 0. The number of imidazole rings is 1. The Morgan fingerprint density at radius 3 is 2.76 bits per heavy atom. The molecule has 1 saturated carbocycles. The van der Waals surface area contributed by atoms with Crippen molar-refractivity contribution in [3.63, 3.8) is 0 Å². The maximum absolute atomic E-state index is 6.44. The zero-order valence-electron chi connectivity index (χ0n) is 14.2.